The number of hydrogen-bond acceptors (Lipinski definition) is 6. The van der Waals surface area contributed by atoms with Crippen molar-refractivity contribution in [3.63, 3.8) is 0 Å². The number of aliphatic hydroxyl groups is 1. The second-order valence-corrected chi connectivity index (χ2v) is 8.64. The van der Waals surface area contributed by atoms with Crippen LogP contribution in [0.25, 0.3) is 5.76 Å². The van der Waals surface area contributed by atoms with Crippen LogP contribution in [0, 0.1) is 0 Å². The van der Waals surface area contributed by atoms with E-state index in [0.717, 1.165) is 5.69 Å². The molecule has 8 heteroatoms. The second kappa shape index (κ2) is 9.64. The molecule has 35 heavy (non-hydrogen) atoms. The number of hydrogen-bond donors (Lipinski definition) is 1. The van der Waals surface area contributed by atoms with E-state index in [4.69, 9.17) is 16.3 Å². The fourth-order valence-electron chi connectivity index (χ4n) is 4.06. The number of nitrogens with zero attached hydrogens (tertiary/aromatic N) is 2. The molecule has 0 saturated carbocycles. The van der Waals surface area contributed by atoms with Gasteiger partial charge < -0.3 is 14.7 Å². The number of Topliss-reactive ketones (excluding diaryl/α,β-unsaturated/α-hetero) is 1. The van der Waals surface area contributed by atoms with E-state index in [2.05, 4.69) is 0 Å². The minimum Gasteiger partial charge on any atom is -0.507 e. The van der Waals surface area contributed by atoms with E-state index in [0.29, 0.717) is 21.8 Å². The molecule has 3 aromatic rings. The number of rotatable bonds is 5. The Morgan fingerprint density at radius 2 is 1.63 bits per heavy atom. The SMILES string of the molecule is COC(=O)c1cccc(N2C(=O)C(=O)/C(=C(/O)c3cccc(Cl)c3)C2c2ccc(N(C)C)cc2)c1. The summed E-state index contributed by atoms with van der Waals surface area (Å²) in [6, 6.07) is 19.1. The number of ketones is 1. The zero-order valence-corrected chi connectivity index (χ0v) is 20.1. The van der Waals surface area contributed by atoms with Crippen molar-refractivity contribution >= 4 is 46.4 Å². The van der Waals surface area contributed by atoms with Gasteiger partial charge in [0.15, 0.2) is 0 Å². The number of ether oxygens (including phenoxy) is 1. The van der Waals surface area contributed by atoms with Crippen LogP contribution in [0.5, 0.6) is 0 Å². The van der Waals surface area contributed by atoms with Gasteiger partial charge in [0.25, 0.3) is 11.7 Å². The third-order valence-electron chi connectivity index (χ3n) is 5.81. The highest BCUT2D eigenvalue weighted by molar-refractivity contribution is 6.51. The summed E-state index contributed by atoms with van der Waals surface area (Å²) in [6.07, 6.45) is 0. The van der Waals surface area contributed by atoms with Crippen LogP contribution >= 0.6 is 11.6 Å². The Kier molecular flexibility index (Phi) is 6.62. The largest absolute Gasteiger partial charge is 0.507 e. The highest BCUT2D eigenvalue weighted by Crippen LogP contribution is 2.42. The Balaban J connectivity index is 1.93. The standard InChI is InChI=1S/C27H23ClN2O5/c1-29(2)20-12-10-16(11-13-20)23-22(24(31)17-6-4-8-19(28)14-17)25(32)26(33)30(23)21-9-5-7-18(15-21)27(34)35-3/h4-15,23,31H,1-3H3/b24-22+. The lowest BCUT2D eigenvalue weighted by atomic mass is 9.95. The summed E-state index contributed by atoms with van der Waals surface area (Å²) >= 11 is 6.10. The molecule has 1 saturated heterocycles. The van der Waals surface area contributed by atoms with Crippen LogP contribution in [0.15, 0.2) is 78.4 Å². The number of aliphatic hydroxyl groups excluding tert-OH is 1. The fraction of sp³-hybridized carbons (Fsp3) is 0.148. The lowest BCUT2D eigenvalue weighted by Gasteiger charge is -2.26. The third-order valence-corrected chi connectivity index (χ3v) is 6.05. The summed E-state index contributed by atoms with van der Waals surface area (Å²) in [5, 5.41) is 11.6. The Hall–Kier alpha value is -4.10. The van der Waals surface area contributed by atoms with Crippen LogP contribution in [0.4, 0.5) is 11.4 Å². The second-order valence-electron chi connectivity index (χ2n) is 8.21. The molecule has 3 aromatic carbocycles. The summed E-state index contributed by atoms with van der Waals surface area (Å²) in [6.45, 7) is 0. The quantitative estimate of drug-likeness (QED) is 0.239. The van der Waals surface area contributed by atoms with Gasteiger partial charge in [-0.2, -0.15) is 0 Å². The molecule has 1 aliphatic heterocycles. The van der Waals surface area contributed by atoms with Gasteiger partial charge in [-0.3, -0.25) is 14.5 Å². The first-order valence-electron chi connectivity index (χ1n) is 10.8. The molecule has 0 bridgehead atoms. The van der Waals surface area contributed by atoms with Gasteiger partial charge in [0.05, 0.1) is 24.3 Å². The molecule has 1 heterocycles. The van der Waals surface area contributed by atoms with Crippen molar-refractivity contribution in [1.82, 2.24) is 0 Å². The van der Waals surface area contributed by atoms with Gasteiger partial charge >= 0.3 is 5.97 Å². The zero-order valence-electron chi connectivity index (χ0n) is 19.4. The highest BCUT2D eigenvalue weighted by atomic mass is 35.5. The third kappa shape index (κ3) is 4.50. The molecule has 1 fully saturated rings. The van der Waals surface area contributed by atoms with Crippen molar-refractivity contribution in [1.29, 1.82) is 0 Å². The number of halogens is 1. The van der Waals surface area contributed by atoms with Crippen molar-refractivity contribution < 1.29 is 24.2 Å². The smallest absolute Gasteiger partial charge is 0.337 e. The molecule has 0 aliphatic carbocycles. The minimum atomic E-state index is -0.932. The average Bonchev–Trinajstić information content (AvgIpc) is 3.13. The predicted octanol–water partition coefficient (Wildman–Crippen LogP) is 4.82. The van der Waals surface area contributed by atoms with Crippen molar-refractivity contribution in [3.05, 3.63) is 100 Å². The van der Waals surface area contributed by atoms with Crippen LogP contribution in [0.2, 0.25) is 5.02 Å². The van der Waals surface area contributed by atoms with Crippen molar-refractivity contribution in [2.75, 3.05) is 31.0 Å². The molecule has 1 N–H and O–H groups in total. The molecule has 7 nitrogen and oxygen atoms in total. The fourth-order valence-corrected chi connectivity index (χ4v) is 4.25. The first-order valence-corrected chi connectivity index (χ1v) is 11.1. The van der Waals surface area contributed by atoms with Gasteiger partial charge in [0.1, 0.15) is 5.76 Å². The molecule has 4 rings (SSSR count). The van der Waals surface area contributed by atoms with Gasteiger partial charge in [0, 0.05) is 36.1 Å². The Labute approximate surface area is 207 Å². The summed E-state index contributed by atoms with van der Waals surface area (Å²) in [5.74, 6) is -2.57. The molecule has 0 spiro atoms. The van der Waals surface area contributed by atoms with Gasteiger partial charge in [-0.25, -0.2) is 4.79 Å². The number of anilines is 2. The summed E-state index contributed by atoms with van der Waals surface area (Å²) in [7, 11) is 5.07. The van der Waals surface area contributed by atoms with Gasteiger partial charge in [-0.15, -0.1) is 0 Å². The van der Waals surface area contributed by atoms with E-state index >= 15 is 0 Å². The first-order chi connectivity index (χ1) is 16.7. The summed E-state index contributed by atoms with van der Waals surface area (Å²) in [5.41, 5.74) is 2.33. The van der Waals surface area contributed by atoms with Crippen molar-refractivity contribution in [3.8, 4) is 0 Å². The average molecular weight is 491 g/mol. The molecule has 0 aromatic heterocycles. The number of amides is 1. The monoisotopic (exact) mass is 490 g/mol. The van der Waals surface area contributed by atoms with E-state index in [9.17, 15) is 19.5 Å². The maximum atomic E-state index is 13.3. The topological polar surface area (TPSA) is 87.1 Å². The van der Waals surface area contributed by atoms with Crippen molar-refractivity contribution in [2.45, 2.75) is 6.04 Å². The Bertz CT molecular complexity index is 1350. The van der Waals surface area contributed by atoms with Crippen LogP contribution in [-0.4, -0.2) is 44.0 Å². The maximum absolute atomic E-state index is 13.3. The summed E-state index contributed by atoms with van der Waals surface area (Å²) < 4.78 is 4.80. The van der Waals surface area contributed by atoms with E-state index in [1.807, 2.05) is 31.1 Å². The van der Waals surface area contributed by atoms with Crippen LogP contribution in [0.3, 0.4) is 0 Å². The van der Waals surface area contributed by atoms with Crippen LogP contribution < -0.4 is 9.80 Å². The van der Waals surface area contributed by atoms with Gasteiger partial charge in [0.2, 0.25) is 0 Å². The number of esters is 1. The van der Waals surface area contributed by atoms with Crippen LogP contribution in [0.1, 0.15) is 27.5 Å². The van der Waals surface area contributed by atoms with E-state index < -0.39 is 23.7 Å². The molecule has 1 atom stereocenters. The first kappa shape index (κ1) is 24.0. The Morgan fingerprint density at radius 3 is 2.26 bits per heavy atom. The molecule has 1 unspecified atom stereocenters. The molecular formula is C27H23ClN2O5. The van der Waals surface area contributed by atoms with Gasteiger partial charge in [-0.05, 0) is 48.0 Å². The predicted molar refractivity (Wildman–Crippen MR) is 135 cm³/mol. The normalized spacial score (nSPS) is 16.9. The lowest BCUT2D eigenvalue weighted by Crippen LogP contribution is -2.29. The van der Waals surface area contributed by atoms with Crippen LogP contribution in [-0.2, 0) is 14.3 Å². The molecule has 0 radical (unpaired) electrons. The molecular weight excluding hydrogens is 468 g/mol. The molecule has 1 aliphatic rings. The highest BCUT2D eigenvalue weighted by Gasteiger charge is 2.47. The number of carbonyl (C=O) groups excluding carboxylic acids is 3. The van der Waals surface area contributed by atoms with E-state index in [1.165, 1.54) is 24.1 Å². The van der Waals surface area contributed by atoms with E-state index in [1.54, 1.807) is 48.5 Å². The van der Waals surface area contributed by atoms with E-state index in [-0.39, 0.29) is 16.9 Å². The lowest BCUT2D eigenvalue weighted by molar-refractivity contribution is -0.132. The maximum Gasteiger partial charge on any atom is 0.337 e. The number of benzene rings is 3. The Morgan fingerprint density at radius 1 is 0.971 bits per heavy atom. The molecule has 178 valence electrons. The summed E-state index contributed by atoms with van der Waals surface area (Å²) in [4.78, 5) is 41.9. The zero-order chi connectivity index (χ0) is 25.3. The number of carbonyl (C=O) groups is 3. The van der Waals surface area contributed by atoms with Gasteiger partial charge in [-0.1, -0.05) is 41.9 Å². The minimum absolute atomic E-state index is 0.0710. The number of methoxy groups -OCH3 is 1. The molecule has 1 amide bonds. The van der Waals surface area contributed by atoms with Crippen molar-refractivity contribution in [2.24, 2.45) is 0 Å².